The number of imide groups is 1. The van der Waals surface area contributed by atoms with Gasteiger partial charge >= 0.3 is 5.97 Å². The number of aliphatic hydroxyl groups excluding tert-OH is 3. The number of pyridine rings is 1. The molecule has 0 radical (unpaired) electrons. The Morgan fingerprint density at radius 2 is 1.71 bits per heavy atom. The van der Waals surface area contributed by atoms with Crippen LogP contribution in [0.25, 0.3) is 0 Å². The van der Waals surface area contributed by atoms with E-state index in [1.165, 1.54) is 0 Å². The minimum absolute atomic E-state index is 0.0669. The molecule has 3 heterocycles. The molecule has 0 aliphatic carbocycles. The van der Waals surface area contributed by atoms with E-state index in [0.717, 1.165) is 28.6 Å². The molecule has 2 aliphatic rings. The van der Waals surface area contributed by atoms with Gasteiger partial charge in [-0.1, -0.05) is 30.0 Å². The molecule has 13 heteroatoms. The van der Waals surface area contributed by atoms with Crippen molar-refractivity contribution in [2.24, 2.45) is 0 Å². The van der Waals surface area contributed by atoms with Crippen LogP contribution in [-0.4, -0.2) is 91.7 Å². The van der Waals surface area contributed by atoms with E-state index in [1.807, 2.05) is 36.4 Å². The number of carbonyl (C=O) groups is 3. The van der Waals surface area contributed by atoms with Crippen molar-refractivity contribution in [1.82, 2.24) is 10.3 Å². The first kappa shape index (κ1) is 28.0. The average Bonchev–Trinajstić information content (AvgIpc) is 3.21. The van der Waals surface area contributed by atoms with Gasteiger partial charge in [0.25, 0.3) is 5.24 Å². The molecule has 38 heavy (non-hydrogen) atoms. The van der Waals surface area contributed by atoms with Crippen molar-refractivity contribution < 1.29 is 49.0 Å². The monoisotopic (exact) mass is 548 g/mol. The lowest BCUT2D eigenvalue weighted by molar-refractivity contribution is -0.293. The van der Waals surface area contributed by atoms with Crippen LogP contribution in [0.2, 0.25) is 0 Å². The van der Waals surface area contributed by atoms with E-state index in [1.54, 1.807) is 6.20 Å². The van der Waals surface area contributed by atoms with Gasteiger partial charge in [-0.25, -0.2) is 4.79 Å². The topological polar surface area (TPSA) is 185 Å². The lowest BCUT2D eigenvalue weighted by Crippen LogP contribution is -2.60. The van der Waals surface area contributed by atoms with Crippen molar-refractivity contribution in [3.8, 4) is 5.75 Å². The third-order valence-electron chi connectivity index (χ3n) is 6.11. The van der Waals surface area contributed by atoms with Gasteiger partial charge in [-0.2, -0.15) is 0 Å². The van der Waals surface area contributed by atoms with Gasteiger partial charge in [-0.15, -0.1) is 0 Å². The Labute approximate surface area is 221 Å². The van der Waals surface area contributed by atoms with E-state index in [2.05, 4.69) is 10.3 Å². The van der Waals surface area contributed by atoms with Crippen molar-refractivity contribution in [2.45, 2.75) is 55.2 Å². The number of rotatable bonds is 11. The van der Waals surface area contributed by atoms with Gasteiger partial charge in [0, 0.05) is 18.3 Å². The highest BCUT2D eigenvalue weighted by Gasteiger charge is 2.47. The van der Waals surface area contributed by atoms with Crippen LogP contribution in [0.15, 0.2) is 42.6 Å². The van der Waals surface area contributed by atoms with E-state index in [-0.39, 0.29) is 17.8 Å². The predicted molar refractivity (Wildman–Crippen MR) is 132 cm³/mol. The summed E-state index contributed by atoms with van der Waals surface area (Å²) in [6.07, 6.45) is -5.05. The molecular formula is C25H28N2O10S. The summed E-state index contributed by atoms with van der Waals surface area (Å²) in [5, 5.41) is 40.2. The van der Waals surface area contributed by atoms with Crippen LogP contribution in [0, 0.1) is 0 Å². The molecule has 1 aromatic carbocycles. The van der Waals surface area contributed by atoms with Gasteiger partial charge < -0.3 is 34.6 Å². The molecule has 2 fully saturated rings. The number of hydrogen-bond acceptors (Lipinski definition) is 11. The number of nitrogens with zero attached hydrogens (tertiary/aromatic N) is 1. The Morgan fingerprint density at radius 3 is 2.34 bits per heavy atom. The first-order chi connectivity index (χ1) is 18.2. The summed E-state index contributed by atoms with van der Waals surface area (Å²) in [5.74, 6) is -1.06. The maximum absolute atomic E-state index is 11.7. The second-order valence-corrected chi connectivity index (χ2v) is 10.0. The molecule has 1 aromatic heterocycles. The summed E-state index contributed by atoms with van der Waals surface area (Å²) in [6.45, 7) is 0.470. The number of benzene rings is 1. The van der Waals surface area contributed by atoms with Crippen LogP contribution in [0.5, 0.6) is 5.75 Å². The number of aliphatic hydroxyl groups is 3. The average molecular weight is 549 g/mol. The molecule has 0 unspecified atom stereocenters. The summed E-state index contributed by atoms with van der Waals surface area (Å²) in [5.41, 5.74) is 2.58. The maximum Gasteiger partial charge on any atom is 0.335 e. The van der Waals surface area contributed by atoms with Gasteiger partial charge in [-0.05, 0) is 42.2 Å². The number of hydrogen-bond donors (Lipinski definition) is 5. The van der Waals surface area contributed by atoms with Crippen molar-refractivity contribution in [3.05, 3.63) is 59.4 Å². The van der Waals surface area contributed by atoms with Crippen molar-refractivity contribution in [2.75, 3.05) is 13.2 Å². The summed E-state index contributed by atoms with van der Waals surface area (Å²) < 4.78 is 16.3. The Kier molecular flexibility index (Phi) is 9.31. The van der Waals surface area contributed by atoms with Gasteiger partial charge in [0.15, 0.2) is 12.4 Å². The molecular weight excluding hydrogens is 520 g/mol. The summed E-state index contributed by atoms with van der Waals surface area (Å²) in [6, 6.07) is 11.1. The predicted octanol–water partition coefficient (Wildman–Crippen LogP) is 0.0485. The van der Waals surface area contributed by atoms with E-state index in [9.17, 15) is 29.7 Å². The Hall–Kier alpha value is -3.07. The number of carboxylic acids is 1. The van der Waals surface area contributed by atoms with Crippen molar-refractivity contribution in [3.63, 3.8) is 0 Å². The molecule has 0 saturated carbocycles. The van der Waals surface area contributed by atoms with Gasteiger partial charge in [0.2, 0.25) is 5.91 Å². The van der Waals surface area contributed by atoms with E-state index in [0.29, 0.717) is 31.6 Å². The highest BCUT2D eigenvalue weighted by atomic mass is 32.2. The number of aliphatic carboxylic acids is 1. The second-order valence-electron chi connectivity index (χ2n) is 8.84. The fourth-order valence-corrected chi connectivity index (χ4v) is 4.83. The summed E-state index contributed by atoms with van der Waals surface area (Å²) >= 11 is 1.000. The zero-order chi connectivity index (χ0) is 27.2. The SMILES string of the molecule is O=C1NC(=O)[C@@H](Cc2ccc(OCCc3ccc(CCO[C@@H]4O[C@H](C(=O)O)[C@@H](O)[C@H](O)[C@@H]4O)cn3)cc2)S1. The molecule has 0 bridgehead atoms. The van der Waals surface area contributed by atoms with Crippen LogP contribution in [0.1, 0.15) is 16.8 Å². The zero-order valence-corrected chi connectivity index (χ0v) is 21.0. The third-order valence-corrected chi connectivity index (χ3v) is 7.09. The number of thioether (sulfide) groups is 1. The second kappa shape index (κ2) is 12.7. The Balaban J connectivity index is 1.17. The fourth-order valence-electron chi connectivity index (χ4n) is 3.97. The normalized spacial score (nSPS) is 27.2. The molecule has 4 rings (SSSR count). The lowest BCUT2D eigenvalue weighted by atomic mass is 9.99. The number of aromatic nitrogens is 1. The van der Waals surface area contributed by atoms with Gasteiger partial charge in [0.05, 0.1) is 18.5 Å². The van der Waals surface area contributed by atoms with Crippen LogP contribution in [-0.2, 0) is 38.3 Å². The maximum atomic E-state index is 11.7. The van der Waals surface area contributed by atoms with Crippen LogP contribution in [0.3, 0.4) is 0 Å². The molecule has 2 aliphatic heterocycles. The number of carboxylic acid groups (broad SMARTS) is 1. The van der Waals surface area contributed by atoms with Crippen LogP contribution < -0.4 is 10.1 Å². The molecule has 2 amide bonds. The third kappa shape index (κ3) is 7.07. The lowest BCUT2D eigenvalue weighted by Gasteiger charge is -2.38. The summed E-state index contributed by atoms with van der Waals surface area (Å²) in [4.78, 5) is 38.5. The molecule has 2 saturated heterocycles. The minimum atomic E-state index is -1.76. The van der Waals surface area contributed by atoms with E-state index >= 15 is 0 Å². The molecule has 12 nitrogen and oxygen atoms in total. The molecule has 0 spiro atoms. The highest BCUT2D eigenvalue weighted by Crippen LogP contribution is 2.24. The van der Waals surface area contributed by atoms with E-state index < -0.39 is 41.9 Å². The first-order valence-electron chi connectivity index (χ1n) is 11.9. The number of nitrogens with one attached hydrogen (secondary N) is 1. The number of amides is 2. The standard InChI is InChI=1S/C25H28N2O10S/c28-18-19(29)21(23(32)33)37-24(20(18)30)36-9-7-14-1-4-15(26-12-14)8-10-35-16-5-2-13(3-6-16)11-17-22(31)27-25(34)38-17/h1-6,12,17-21,24,28-30H,7-11H2,(H,32,33)(H,27,31,34)/t17-,18+,19+,20+,21+,24-/m1/s1. The van der Waals surface area contributed by atoms with Gasteiger partial charge in [0.1, 0.15) is 24.1 Å². The fraction of sp³-hybridized carbons (Fsp3) is 0.440. The Morgan fingerprint density at radius 1 is 0.974 bits per heavy atom. The molecule has 5 N–H and O–H groups in total. The quantitative estimate of drug-likeness (QED) is 0.255. The largest absolute Gasteiger partial charge is 0.493 e. The zero-order valence-electron chi connectivity index (χ0n) is 20.1. The Bertz CT molecular complexity index is 1130. The first-order valence-corrected chi connectivity index (χ1v) is 12.8. The van der Waals surface area contributed by atoms with Crippen molar-refractivity contribution >= 4 is 28.9 Å². The highest BCUT2D eigenvalue weighted by molar-refractivity contribution is 8.15. The van der Waals surface area contributed by atoms with E-state index in [4.69, 9.17) is 19.3 Å². The number of ether oxygens (including phenoxy) is 3. The summed E-state index contributed by atoms with van der Waals surface area (Å²) in [7, 11) is 0. The smallest absolute Gasteiger partial charge is 0.335 e. The van der Waals surface area contributed by atoms with Gasteiger partial charge in [-0.3, -0.25) is 19.9 Å². The minimum Gasteiger partial charge on any atom is -0.493 e. The molecule has 6 atom stereocenters. The molecule has 2 aromatic rings. The van der Waals surface area contributed by atoms with Crippen molar-refractivity contribution in [1.29, 1.82) is 0 Å². The van der Waals surface area contributed by atoms with Crippen LogP contribution in [0.4, 0.5) is 4.79 Å². The molecule has 204 valence electrons. The van der Waals surface area contributed by atoms with Crippen LogP contribution >= 0.6 is 11.8 Å². The number of carbonyl (C=O) groups excluding carboxylic acids is 2.